The van der Waals surface area contributed by atoms with Crippen molar-refractivity contribution in [3.05, 3.63) is 44.2 Å². The molecule has 1 heterocycles. The fourth-order valence-corrected chi connectivity index (χ4v) is 2.87. The molecule has 0 fully saturated rings. The van der Waals surface area contributed by atoms with Gasteiger partial charge in [-0.15, -0.1) is 0 Å². The molecule has 0 amide bonds. The SMILES string of the molecule is COCc1nc(Cl)cc(Nc2c(Br)cccc2Br)n1. The molecule has 4 nitrogen and oxygen atoms in total. The smallest absolute Gasteiger partial charge is 0.158 e. The highest BCUT2D eigenvalue weighted by molar-refractivity contribution is 9.11. The lowest BCUT2D eigenvalue weighted by Crippen LogP contribution is -2.02. The summed E-state index contributed by atoms with van der Waals surface area (Å²) in [6.07, 6.45) is 0. The standard InChI is InChI=1S/C12H10Br2ClN3O/c1-19-6-11-16-9(15)5-10(17-11)18-12-7(13)3-2-4-8(12)14/h2-5H,6H2,1H3,(H,16,17,18). The minimum Gasteiger partial charge on any atom is -0.377 e. The van der Waals surface area contributed by atoms with E-state index in [4.69, 9.17) is 16.3 Å². The lowest BCUT2D eigenvalue weighted by molar-refractivity contribution is 0.178. The summed E-state index contributed by atoms with van der Waals surface area (Å²) in [5, 5.41) is 3.56. The molecule has 0 aliphatic rings. The van der Waals surface area contributed by atoms with Gasteiger partial charge in [0.25, 0.3) is 0 Å². The zero-order chi connectivity index (χ0) is 13.8. The van der Waals surface area contributed by atoms with Gasteiger partial charge in [0.1, 0.15) is 17.6 Å². The van der Waals surface area contributed by atoms with Crippen molar-refractivity contribution in [3.63, 3.8) is 0 Å². The highest BCUT2D eigenvalue weighted by Crippen LogP contribution is 2.32. The van der Waals surface area contributed by atoms with Crippen LogP contribution in [-0.4, -0.2) is 17.1 Å². The van der Waals surface area contributed by atoms with Crippen LogP contribution in [0.1, 0.15) is 5.82 Å². The van der Waals surface area contributed by atoms with Gasteiger partial charge in [-0.1, -0.05) is 17.7 Å². The second-order valence-corrected chi connectivity index (χ2v) is 5.74. The van der Waals surface area contributed by atoms with Crippen LogP contribution in [0.25, 0.3) is 0 Å². The predicted octanol–water partition coefficient (Wildman–Crippen LogP) is 4.55. The average molecular weight is 407 g/mol. The number of nitrogens with zero attached hydrogens (tertiary/aromatic N) is 2. The molecule has 0 spiro atoms. The number of para-hydroxylation sites is 1. The van der Waals surface area contributed by atoms with Crippen molar-refractivity contribution in [2.75, 3.05) is 12.4 Å². The molecule has 0 aliphatic heterocycles. The van der Waals surface area contributed by atoms with Gasteiger partial charge in [-0.3, -0.25) is 0 Å². The summed E-state index contributed by atoms with van der Waals surface area (Å²) < 4.78 is 6.85. The fraction of sp³-hybridized carbons (Fsp3) is 0.167. The first-order valence-corrected chi connectivity index (χ1v) is 7.30. The van der Waals surface area contributed by atoms with E-state index in [-0.39, 0.29) is 0 Å². The number of ether oxygens (including phenoxy) is 1. The van der Waals surface area contributed by atoms with Crippen LogP contribution in [0.4, 0.5) is 11.5 Å². The van der Waals surface area contributed by atoms with Gasteiger partial charge in [0, 0.05) is 22.1 Å². The number of anilines is 2. The molecular formula is C12H10Br2ClN3O. The first kappa shape index (κ1) is 14.7. The van der Waals surface area contributed by atoms with E-state index in [9.17, 15) is 0 Å². The molecule has 7 heteroatoms. The Morgan fingerprint density at radius 1 is 1.26 bits per heavy atom. The third-order valence-electron chi connectivity index (χ3n) is 2.23. The molecular weight excluding hydrogens is 397 g/mol. The first-order chi connectivity index (χ1) is 9.10. The summed E-state index contributed by atoms with van der Waals surface area (Å²) in [4.78, 5) is 8.40. The normalized spacial score (nSPS) is 10.5. The number of hydrogen-bond donors (Lipinski definition) is 1. The lowest BCUT2D eigenvalue weighted by atomic mass is 10.3. The van der Waals surface area contributed by atoms with Crippen molar-refractivity contribution in [1.29, 1.82) is 0 Å². The van der Waals surface area contributed by atoms with Crippen molar-refractivity contribution in [2.24, 2.45) is 0 Å². The Morgan fingerprint density at radius 3 is 2.58 bits per heavy atom. The third kappa shape index (κ3) is 3.89. The molecule has 1 N–H and O–H groups in total. The summed E-state index contributed by atoms with van der Waals surface area (Å²) in [6.45, 7) is 0.312. The molecule has 100 valence electrons. The summed E-state index contributed by atoms with van der Waals surface area (Å²) in [5.41, 5.74) is 0.876. The van der Waals surface area contributed by atoms with Crippen molar-refractivity contribution in [1.82, 2.24) is 9.97 Å². The van der Waals surface area contributed by atoms with E-state index in [1.54, 1.807) is 13.2 Å². The quantitative estimate of drug-likeness (QED) is 0.756. The molecule has 1 aromatic carbocycles. The minimum absolute atomic E-state index is 0.312. The molecule has 2 aromatic rings. The topological polar surface area (TPSA) is 47.0 Å². The van der Waals surface area contributed by atoms with Crippen molar-refractivity contribution in [3.8, 4) is 0 Å². The second kappa shape index (κ2) is 6.65. The predicted molar refractivity (Wildman–Crippen MR) is 82.9 cm³/mol. The van der Waals surface area contributed by atoms with Gasteiger partial charge in [-0.2, -0.15) is 0 Å². The van der Waals surface area contributed by atoms with E-state index >= 15 is 0 Å². The van der Waals surface area contributed by atoms with E-state index in [0.717, 1.165) is 14.6 Å². The zero-order valence-electron chi connectivity index (χ0n) is 9.95. The number of hydrogen-bond acceptors (Lipinski definition) is 4. The highest BCUT2D eigenvalue weighted by Gasteiger charge is 2.08. The van der Waals surface area contributed by atoms with Gasteiger partial charge in [-0.25, -0.2) is 9.97 Å². The molecule has 0 saturated heterocycles. The summed E-state index contributed by atoms with van der Waals surface area (Å²) in [7, 11) is 1.59. The number of aromatic nitrogens is 2. The van der Waals surface area contributed by atoms with Gasteiger partial charge in [0.05, 0.1) is 5.69 Å². The van der Waals surface area contributed by atoms with Crippen LogP contribution in [0.3, 0.4) is 0 Å². The van der Waals surface area contributed by atoms with Crippen LogP contribution in [0.5, 0.6) is 0 Å². The van der Waals surface area contributed by atoms with Crippen molar-refractivity contribution < 1.29 is 4.74 Å². The molecule has 0 atom stereocenters. The molecule has 0 aliphatic carbocycles. The van der Waals surface area contributed by atoms with E-state index in [1.807, 2.05) is 18.2 Å². The van der Waals surface area contributed by atoms with Gasteiger partial charge >= 0.3 is 0 Å². The summed E-state index contributed by atoms with van der Waals surface area (Å²) in [6, 6.07) is 7.47. The Kier molecular flexibility index (Phi) is 5.15. The minimum atomic E-state index is 0.312. The molecule has 0 bridgehead atoms. The third-order valence-corrected chi connectivity index (χ3v) is 3.75. The second-order valence-electron chi connectivity index (χ2n) is 3.65. The van der Waals surface area contributed by atoms with Crippen molar-refractivity contribution >= 4 is 55.0 Å². The van der Waals surface area contributed by atoms with Crippen LogP contribution in [0.2, 0.25) is 5.15 Å². The highest BCUT2D eigenvalue weighted by atomic mass is 79.9. The summed E-state index contributed by atoms with van der Waals surface area (Å²) >= 11 is 12.9. The van der Waals surface area contributed by atoms with E-state index < -0.39 is 0 Å². The molecule has 1 aromatic heterocycles. The molecule has 2 rings (SSSR count). The Bertz CT molecular complexity index is 575. The van der Waals surface area contributed by atoms with Crippen LogP contribution in [0.15, 0.2) is 33.2 Å². The average Bonchev–Trinajstić information content (AvgIpc) is 2.34. The van der Waals surface area contributed by atoms with Gasteiger partial charge in [0.2, 0.25) is 0 Å². The van der Waals surface area contributed by atoms with Gasteiger partial charge in [-0.05, 0) is 44.0 Å². The Labute approximate surface area is 132 Å². The van der Waals surface area contributed by atoms with E-state index in [0.29, 0.717) is 23.4 Å². The molecule has 0 radical (unpaired) electrons. The number of halogens is 3. The van der Waals surface area contributed by atoms with Crippen molar-refractivity contribution in [2.45, 2.75) is 6.61 Å². The Morgan fingerprint density at radius 2 is 1.95 bits per heavy atom. The largest absolute Gasteiger partial charge is 0.377 e. The number of benzene rings is 1. The van der Waals surface area contributed by atoms with E-state index in [1.165, 1.54) is 0 Å². The van der Waals surface area contributed by atoms with Gasteiger partial charge in [0.15, 0.2) is 5.82 Å². The Hall–Kier alpha value is -0.690. The maximum absolute atomic E-state index is 5.96. The molecule has 19 heavy (non-hydrogen) atoms. The van der Waals surface area contributed by atoms with Gasteiger partial charge < -0.3 is 10.1 Å². The molecule has 0 unspecified atom stereocenters. The Balaban J connectivity index is 2.33. The van der Waals surface area contributed by atoms with Crippen LogP contribution < -0.4 is 5.32 Å². The zero-order valence-corrected chi connectivity index (χ0v) is 13.9. The maximum atomic E-state index is 5.96. The summed E-state index contributed by atoms with van der Waals surface area (Å²) in [5.74, 6) is 1.14. The van der Waals surface area contributed by atoms with Crippen LogP contribution in [0, 0.1) is 0 Å². The van der Waals surface area contributed by atoms with Crippen LogP contribution in [-0.2, 0) is 11.3 Å². The fourth-order valence-electron chi connectivity index (χ4n) is 1.47. The number of nitrogens with one attached hydrogen (secondary N) is 1. The first-order valence-electron chi connectivity index (χ1n) is 5.33. The van der Waals surface area contributed by atoms with Crippen LogP contribution >= 0.6 is 43.5 Å². The lowest BCUT2D eigenvalue weighted by Gasteiger charge is -2.11. The monoisotopic (exact) mass is 405 g/mol. The maximum Gasteiger partial charge on any atom is 0.158 e. The molecule has 0 saturated carbocycles. The van der Waals surface area contributed by atoms with E-state index in [2.05, 4.69) is 47.1 Å². The number of rotatable bonds is 4. The number of methoxy groups -OCH3 is 1.